The quantitative estimate of drug-likeness (QED) is 0.676. The van der Waals surface area contributed by atoms with Gasteiger partial charge < -0.3 is 0 Å². The molecule has 90 valence electrons. The van der Waals surface area contributed by atoms with Crippen molar-refractivity contribution in [3.8, 4) is 6.07 Å². The molecule has 0 aliphatic heterocycles. The highest BCUT2D eigenvalue weighted by Gasteiger charge is 2.38. The molecule has 0 saturated heterocycles. The standard InChI is InChI=1S/C15H25N/c1-2-13-8-5-9-15(10-13,12-16)11-14-6-3-4-7-14/h13-14H,2-11H2,1H3. The third-order valence-electron chi connectivity index (χ3n) is 4.92. The summed E-state index contributed by atoms with van der Waals surface area (Å²) in [5.74, 6) is 1.70. The molecule has 0 aromatic rings. The SMILES string of the molecule is CCC1CCCC(C#N)(CC2CCCC2)C1. The van der Waals surface area contributed by atoms with Gasteiger partial charge in [0.1, 0.15) is 0 Å². The van der Waals surface area contributed by atoms with Gasteiger partial charge in [0.05, 0.1) is 11.5 Å². The van der Waals surface area contributed by atoms with E-state index in [0.29, 0.717) is 0 Å². The first kappa shape index (κ1) is 12.0. The molecule has 0 heterocycles. The fourth-order valence-corrected chi connectivity index (χ4v) is 3.93. The smallest absolute Gasteiger partial charge is 0.0689 e. The predicted octanol–water partition coefficient (Wildman–Crippen LogP) is 4.68. The van der Waals surface area contributed by atoms with E-state index in [9.17, 15) is 5.26 Å². The summed E-state index contributed by atoms with van der Waals surface area (Å²) >= 11 is 0. The highest BCUT2D eigenvalue weighted by Crippen LogP contribution is 2.47. The van der Waals surface area contributed by atoms with E-state index in [1.807, 2.05) is 0 Å². The Hall–Kier alpha value is -0.510. The largest absolute Gasteiger partial charge is 0.198 e. The minimum atomic E-state index is 0.0634. The summed E-state index contributed by atoms with van der Waals surface area (Å²) in [7, 11) is 0. The molecule has 0 amide bonds. The van der Waals surface area contributed by atoms with Crippen molar-refractivity contribution in [1.29, 1.82) is 5.26 Å². The number of rotatable bonds is 3. The van der Waals surface area contributed by atoms with Gasteiger partial charge in [0.2, 0.25) is 0 Å². The zero-order valence-electron chi connectivity index (χ0n) is 10.7. The molecule has 0 N–H and O–H groups in total. The summed E-state index contributed by atoms with van der Waals surface area (Å²) in [5, 5.41) is 9.57. The molecule has 1 nitrogen and oxygen atoms in total. The maximum absolute atomic E-state index is 9.57. The van der Waals surface area contributed by atoms with Crippen LogP contribution in [0.1, 0.15) is 71.1 Å². The number of hydrogen-bond donors (Lipinski definition) is 0. The van der Waals surface area contributed by atoms with Gasteiger partial charge in [0.15, 0.2) is 0 Å². The van der Waals surface area contributed by atoms with Crippen LogP contribution in [-0.4, -0.2) is 0 Å². The lowest BCUT2D eigenvalue weighted by atomic mass is 9.66. The Kier molecular flexibility index (Phi) is 3.90. The summed E-state index contributed by atoms with van der Waals surface area (Å²) in [5.41, 5.74) is 0.0634. The van der Waals surface area contributed by atoms with Crippen LogP contribution >= 0.6 is 0 Å². The lowest BCUT2D eigenvalue weighted by molar-refractivity contribution is 0.158. The van der Waals surface area contributed by atoms with Crippen molar-refractivity contribution in [2.24, 2.45) is 17.3 Å². The van der Waals surface area contributed by atoms with E-state index >= 15 is 0 Å². The molecule has 16 heavy (non-hydrogen) atoms. The zero-order chi connectivity index (χ0) is 11.4. The average molecular weight is 219 g/mol. The van der Waals surface area contributed by atoms with Gasteiger partial charge in [-0.3, -0.25) is 0 Å². The van der Waals surface area contributed by atoms with Crippen LogP contribution in [0.15, 0.2) is 0 Å². The second-order valence-corrected chi connectivity index (χ2v) is 6.12. The van der Waals surface area contributed by atoms with Crippen molar-refractivity contribution >= 4 is 0 Å². The van der Waals surface area contributed by atoms with Gasteiger partial charge in [0.25, 0.3) is 0 Å². The molecule has 1 heteroatoms. The Morgan fingerprint density at radius 2 is 1.81 bits per heavy atom. The molecule has 2 aliphatic rings. The lowest BCUT2D eigenvalue weighted by Crippen LogP contribution is -2.29. The maximum atomic E-state index is 9.57. The highest BCUT2D eigenvalue weighted by atomic mass is 14.4. The van der Waals surface area contributed by atoms with E-state index in [0.717, 1.165) is 11.8 Å². The average Bonchev–Trinajstić information content (AvgIpc) is 2.82. The molecule has 2 rings (SSSR count). The van der Waals surface area contributed by atoms with E-state index in [1.165, 1.54) is 64.2 Å². The van der Waals surface area contributed by atoms with Gasteiger partial charge in [-0.1, -0.05) is 51.9 Å². The Bertz CT molecular complexity index is 259. The fraction of sp³-hybridized carbons (Fsp3) is 0.933. The Balaban J connectivity index is 1.97. The summed E-state index contributed by atoms with van der Waals surface area (Å²) in [6.45, 7) is 2.29. The molecule has 0 spiro atoms. The summed E-state index contributed by atoms with van der Waals surface area (Å²) in [4.78, 5) is 0. The van der Waals surface area contributed by atoms with Crippen LogP contribution in [0.2, 0.25) is 0 Å². The first-order valence-electron chi connectivity index (χ1n) is 7.19. The van der Waals surface area contributed by atoms with Crippen molar-refractivity contribution in [3.63, 3.8) is 0 Å². The van der Waals surface area contributed by atoms with Crippen LogP contribution in [0.4, 0.5) is 0 Å². The van der Waals surface area contributed by atoms with Crippen molar-refractivity contribution in [2.45, 2.75) is 71.1 Å². The van der Waals surface area contributed by atoms with E-state index < -0.39 is 0 Å². The van der Waals surface area contributed by atoms with E-state index in [-0.39, 0.29) is 5.41 Å². The monoisotopic (exact) mass is 219 g/mol. The van der Waals surface area contributed by atoms with Gasteiger partial charge in [-0.2, -0.15) is 5.26 Å². The molecule has 2 fully saturated rings. The van der Waals surface area contributed by atoms with Gasteiger partial charge >= 0.3 is 0 Å². The first-order valence-corrected chi connectivity index (χ1v) is 7.19. The normalized spacial score (nSPS) is 36.1. The molecule has 0 aromatic carbocycles. The van der Waals surface area contributed by atoms with E-state index in [1.54, 1.807) is 0 Å². The van der Waals surface area contributed by atoms with Crippen LogP contribution in [0.5, 0.6) is 0 Å². The van der Waals surface area contributed by atoms with Gasteiger partial charge in [0, 0.05) is 0 Å². The number of hydrogen-bond acceptors (Lipinski definition) is 1. The summed E-state index contributed by atoms with van der Waals surface area (Å²) < 4.78 is 0. The second kappa shape index (κ2) is 5.21. The minimum absolute atomic E-state index is 0.0634. The Labute approximate surface area is 100 Å². The van der Waals surface area contributed by atoms with Gasteiger partial charge in [-0.05, 0) is 31.1 Å². The Morgan fingerprint density at radius 1 is 1.12 bits per heavy atom. The predicted molar refractivity (Wildman–Crippen MR) is 66.9 cm³/mol. The van der Waals surface area contributed by atoms with Crippen molar-refractivity contribution in [3.05, 3.63) is 0 Å². The first-order chi connectivity index (χ1) is 7.78. The lowest BCUT2D eigenvalue weighted by Gasteiger charge is -2.37. The van der Waals surface area contributed by atoms with E-state index in [4.69, 9.17) is 0 Å². The van der Waals surface area contributed by atoms with E-state index in [2.05, 4.69) is 13.0 Å². The molecule has 0 bridgehead atoms. The third-order valence-corrected chi connectivity index (χ3v) is 4.92. The molecular weight excluding hydrogens is 194 g/mol. The maximum Gasteiger partial charge on any atom is 0.0689 e. The molecule has 2 unspecified atom stereocenters. The zero-order valence-corrected chi connectivity index (χ0v) is 10.7. The van der Waals surface area contributed by atoms with Crippen molar-refractivity contribution < 1.29 is 0 Å². The molecular formula is C15H25N. The molecule has 2 aliphatic carbocycles. The number of nitrogens with zero attached hydrogens (tertiary/aromatic N) is 1. The van der Waals surface area contributed by atoms with Crippen LogP contribution in [-0.2, 0) is 0 Å². The fourth-order valence-electron chi connectivity index (χ4n) is 3.93. The van der Waals surface area contributed by atoms with Crippen molar-refractivity contribution in [1.82, 2.24) is 0 Å². The topological polar surface area (TPSA) is 23.8 Å². The molecule has 0 aromatic heterocycles. The van der Waals surface area contributed by atoms with Crippen molar-refractivity contribution in [2.75, 3.05) is 0 Å². The van der Waals surface area contributed by atoms with Gasteiger partial charge in [-0.25, -0.2) is 0 Å². The van der Waals surface area contributed by atoms with Crippen LogP contribution in [0.3, 0.4) is 0 Å². The van der Waals surface area contributed by atoms with Crippen LogP contribution in [0.25, 0.3) is 0 Å². The number of nitriles is 1. The second-order valence-electron chi connectivity index (χ2n) is 6.12. The van der Waals surface area contributed by atoms with Crippen LogP contribution in [0, 0.1) is 28.6 Å². The Morgan fingerprint density at radius 3 is 2.44 bits per heavy atom. The third kappa shape index (κ3) is 2.59. The summed E-state index contributed by atoms with van der Waals surface area (Å²) in [6, 6.07) is 2.71. The summed E-state index contributed by atoms with van der Waals surface area (Å²) in [6.07, 6.45) is 13.1. The highest BCUT2D eigenvalue weighted by molar-refractivity contribution is 5.03. The molecule has 2 atom stereocenters. The minimum Gasteiger partial charge on any atom is -0.198 e. The van der Waals surface area contributed by atoms with Gasteiger partial charge in [-0.15, -0.1) is 0 Å². The van der Waals surface area contributed by atoms with Crippen LogP contribution < -0.4 is 0 Å². The molecule has 2 saturated carbocycles. The molecule has 0 radical (unpaired) electrons.